The number of fused-ring (bicyclic) bond motifs is 1. The molecule has 1 aromatic rings. The van der Waals surface area contributed by atoms with Crippen LogP contribution in [0.15, 0.2) is 18.2 Å². The molecule has 1 aromatic carbocycles. The van der Waals surface area contributed by atoms with Crippen LogP contribution in [0.2, 0.25) is 0 Å². The second-order valence-electron chi connectivity index (χ2n) is 7.46. The summed E-state index contributed by atoms with van der Waals surface area (Å²) in [6, 6.07) is 6.31. The first-order chi connectivity index (χ1) is 12.0. The van der Waals surface area contributed by atoms with Gasteiger partial charge in [-0.15, -0.1) is 12.4 Å². The van der Waals surface area contributed by atoms with Gasteiger partial charge in [0, 0.05) is 30.6 Å². The van der Waals surface area contributed by atoms with Crippen molar-refractivity contribution in [3.8, 4) is 0 Å². The van der Waals surface area contributed by atoms with Crippen LogP contribution in [0.1, 0.15) is 48.2 Å². The average Bonchev–Trinajstić information content (AvgIpc) is 2.85. The van der Waals surface area contributed by atoms with Crippen molar-refractivity contribution in [2.45, 2.75) is 45.6 Å². The quantitative estimate of drug-likeness (QED) is 0.846. The number of rotatable bonds is 3. The van der Waals surface area contributed by atoms with Gasteiger partial charge in [-0.1, -0.05) is 6.07 Å². The van der Waals surface area contributed by atoms with Crippen molar-refractivity contribution < 1.29 is 9.59 Å². The minimum Gasteiger partial charge on any atom is -0.354 e. The van der Waals surface area contributed by atoms with Gasteiger partial charge in [0.25, 0.3) is 5.91 Å². The van der Waals surface area contributed by atoms with E-state index in [4.69, 9.17) is 0 Å². The first kappa shape index (κ1) is 20.7. The van der Waals surface area contributed by atoms with Crippen molar-refractivity contribution in [3.63, 3.8) is 0 Å². The molecule has 0 aromatic heterocycles. The highest BCUT2D eigenvalue weighted by Gasteiger charge is 2.28. The molecule has 0 atom stereocenters. The van der Waals surface area contributed by atoms with Crippen molar-refractivity contribution in [3.05, 3.63) is 34.9 Å². The number of amides is 2. The first-order valence-electron chi connectivity index (χ1n) is 9.47. The number of nitrogens with one attached hydrogen (secondary N) is 2. The fourth-order valence-corrected chi connectivity index (χ4v) is 3.74. The van der Waals surface area contributed by atoms with Crippen molar-refractivity contribution in [2.75, 3.05) is 26.2 Å². The summed E-state index contributed by atoms with van der Waals surface area (Å²) in [5.41, 5.74) is 3.43. The Labute approximate surface area is 162 Å². The molecule has 2 N–H and O–H groups in total. The van der Waals surface area contributed by atoms with Gasteiger partial charge in [-0.3, -0.25) is 9.59 Å². The molecule has 6 heteroatoms. The number of hydrogen-bond acceptors (Lipinski definition) is 3. The fourth-order valence-electron chi connectivity index (χ4n) is 3.74. The minimum atomic E-state index is 0. The highest BCUT2D eigenvalue weighted by atomic mass is 35.5. The van der Waals surface area contributed by atoms with E-state index in [2.05, 4.69) is 22.8 Å². The van der Waals surface area contributed by atoms with Crippen LogP contribution in [-0.2, 0) is 17.6 Å². The van der Waals surface area contributed by atoms with Gasteiger partial charge < -0.3 is 15.5 Å². The van der Waals surface area contributed by atoms with Crippen LogP contribution < -0.4 is 10.6 Å². The molecule has 3 rings (SSSR count). The van der Waals surface area contributed by atoms with E-state index in [9.17, 15) is 9.59 Å². The molecule has 0 spiro atoms. The Morgan fingerprint density at radius 1 is 1.12 bits per heavy atom. The number of carbonyl (C=O) groups is 2. The lowest BCUT2D eigenvalue weighted by atomic mass is 9.94. The molecule has 2 aliphatic rings. The summed E-state index contributed by atoms with van der Waals surface area (Å²) in [5, 5.41) is 6.38. The Morgan fingerprint density at radius 2 is 1.77 bits per heavy atom. The Bertz CT molecular complexity index is 640. The van der Waals surface area contributed by atoms with Gasteiger partial charge in [-0.25, -0.2) is 0 Å². The van der Waals surface area contributed by atoms with E-state index < -0.39 is 0 Å². The van der Waals surface area contributed by atoms with Crippen molar-refractivity contribution in [1.82, 2.24) is 15.5 Å². The van der Waals surface area contributed by atoms with Gasteiger partial charge in [0.1, 0.15) is 0 Å². The Kier molecular flexibility index (Phi) is 7.47. The summed E-state index contributed by atoms with van der Waals surface area (Å²) in [6.45, 7) is 7.25. The highest BCUT2D eigenvalue weighted by Crippen LogP contribution is 2.21. The Morgan fingerprint density at radius 3 is 2.42 bits per heavy atom. The molecule has 0 bridgehead atoms. The molecular formula is C20H30ClN3O2. The molecule has 2 aliphatic heterocycles. The van der Waals surface area contributed by atoms with Gasteiger partial charge in [0.05, 0.1) is 0 Å². The average molecular weight is 380 g/mol. The summed E-state index contributed by atoms with van der Waals surface area (Å²) in [6.07, 6.45) is 3.51. The number of halogens is 1. The summed E-state index contributed by atoms with van der Waals surface area (Å²) >= 11 is 0. The van der Waals surface area contributed by atoms with Crippen LogP contribution in [0, 0.1) is 5.92 Å². The molecule has 2 heterocycles. The second kappa shape index (κ2) is 9.38. The molecule has 5 nitrogen and oxygen atoms in total. The fraction of sp³-hybridized carbons (Fsp3) is 0.600. The summed E-state index contributed by atoms with van der Waals surface area (Å²) in [5.74, 6) is 0.256. The lowest BCUT2D eigenvalue weighted by Gasteiger charge is -2.32. The highest BCUT2D eigenvalue weighted by molar-refractivity contribution is 5.94. The summed E-state index contributed by atoms with van der Waals surface area (Å²) < 4.78 is 0. The van der Waals surface area contributed by atoms with Gasteiger partial charge in [-0.05, 0) is 75.9 Å². The van der Waals surface area contributed by atoms with E-state index in [-0.39, 0.29) is 36.2 Å². The van der Waals surface area contributed by atoms with E-state index in [1.165, 1.54) is 11.1 Å². The van der Waals surface area contributed by atoms with Crippen LogP contribution in [0.3, 0.4) is 0 Å². The second-order valence-corrected chi connectivity index (χ2v) is 7.46. The van der Waals surface area contributed by atoms with E-state index in [0.29, 0.717) is 13.1 Å². The molecule has 0 aliphatic carbocycles. The molecule has 2 amide bonds. The zero-order chi connectivity index (χ0) is 17.8. The van der Waals surface area contributed by atoms with Crippen LogP contribution in [0.5, 0.6) is 0 Å². The maximum absolute atomic E-state index is 12.8. The lowest BCUT2D eigenvalue weighted by molar-refractivity contribution is -0.126. The minimum absolute atomic E-state index is 0. The van der Waals surface area contributed by atoms with Gasteiger partial charge in [-0.2, -0.15) is 0 Å². The number of hydrogen-bond donors (Lipinski definition) is 2. The number of likely N-dealkylation sites (tertiary alicyclic amines) is 1. The van der Waals surface area contributed by atoms with Crippen molar-refractivity contribution in [1.29, 1.82) is 0 Å². The van der Waals surface area contributed by atoms with E-state index in [1.807, 2.05) is 24.8 Å². The molecule has 0 unspecified atom stereocenters. The standard InChI is InChI=1S/C20H29N3O2.ClH/c1-14(2)22-19(24)16-7-11-23(12-8-16)20(25)18-4-3-15-5-9-21-10-6-17(15)13-18;/h3-4,13-14,16,21H,5-12H2,1-2H3,(H,22,24);1H. The third kappa shape index (κ3) is 4.98. The van der Waals surface area contributed by atoms with Crippen molar-refractivity contribution in [2.24, 2.45) is 5.92 Å². The van der Waals surface area contributed by atoms with E-state index in [1.54, 1.807) is 0 Å². The smallest absolute Gasteiger partial charge is 0.253 e. The number of carbonyl (C=O) groups excluding carboxylic acids is 2. The molecule has 0 saturated carbocycles. The van der Waals surface area contributed by atoms with Crippen LogP contribution in [0.25, 0.3) is 0 Å². The van der Waals surface area contributed by atoms with Crippen LogP contribution >= 0.6 is 12.4 Å². The third-order valence-electron chi connectivity index (χ3n) is 5.18. The van der Waals surface area contributed by atoms with Crippen LogP contribution in [-0.4, -0.2) is 48.9 Å². The molecule has 0 radical (unpaired) electrons. The van der Waals surface area contributed by atoms with Gasteiger partial charge >= 0.3 is 0 Å². The van der Waals surface area contributed by atoms with E-state index >= 15 is 0 Å². The topological polar surface area (TPSA) is 61.4 Å². The largest absolute Gasteiger partial charge is 0.354 e. The van der Waals surface area contributed by atoms with Gasteiger partial charge in [0.15, 0.2) is 0 Å². The molecule has 144 valence electrons. The first-order valence-corrected chi connectivity index (χ1v) is 9.47. The molecular weight excluding hydrogens is 350 g/mol. The monoisotopic (exact) mass is 379 g/mol. The summed E-state index contributed by atoms with van der Waals surface area (Å²) in [4.78, 5) is 26.9. The van der Waals surface area contributed by atoms with Crippen molar-refractivity contribution >= 4 is 24.2 Å². The zero-order valence-electron chi connectivity index (χ0n) is 15.7. The lowest BCUT2D eigenvalue weighted by Crippen LogP contribution is -2.44. The maximum Gasteiger partial charge on any atom is 0.253 e. The predicted molar refractivity (Wildman–Crippen MR) is 106 cm³/mol. The molecule has 1 fully saturated rings. The number of benzene rings is 1. The number of nitrogens with zero attached hydrogens (tertiary/aromatic N) is 1. The summed E-state index contributed by atoms with van der Waals surface area (Å²) in [7, 11) is 0. The normalized spacial score (nSPS) is 17.9. The number of piperidine rings is 1. The van der Waals surface area contributed by atoms with Crippen LogP contribution in [0.4, 0.5) is 0 Å². The Hall–Kier alpha value is -1.59. The maximum atomic E-state index is 12.8. The Balaban J connectivity index is 0.00000243. The van der Waals surface area contributed by atoms with E-state index in [0.717, 1.165) is 44.3 Å². The third-order valence-corrected chi connectivity index (χ3v) is 5.18. The predicted octanol–water partition coefficient (Wildman–Crippen LogP) is 2.17. The van der Waals surface area contributed by atoms with Gasteiger partial charge in [0.2, 0.25) is 5.91 Å². The molecule has 1 saturated heterocycles. The molecule has 26 heavy (non-hydrogen) atoms. The zero-order valence-corrected chi connectivity index (χ0v) is 16.5. The SMILES string of the molecule is CC(C)NC(=O)C1CCN(C(=O)c2ccc3c(c2)CCNCC3)CC1.Cl.